The predicted molar refractivity (Wildman–Crippen MR) is 89.3 cm³/mol. The second kappa shape index (κ2) is 7.35. The monoisotopic (exact) mass is 372 g/mol. The molecule has 1 unspecified atom stereocenters. The van der Waals surface area contributed by atoms with Crippen molar-refractivity contribution in [3.05, 3.63) is 63.1 Å². The fourth-order valence-electron chi connectivity index (χ4n) is 2.12. The maximum atomic E-state index is 6.12. The molecular formula is C16H15BrCl2O. The zero-order valence-corrected chi connectivity index (χ0v) is 14.2. The smallest absolute Gasteiger partial charge is 0.133 e. The Balaban J connectivity index is 2.17. The van der Waals surface area contributed by atoms with Crippen LogP contribution in [-0.2, 0) is 6.42 Å². The van der Waals surface area contributed by atoms with E-state index in [9.17, 15) is 0 Å². The molecule has 2 aromatic rings. The zero-order chi connectivity index (χ0) is 14.5. The molecule has 20 heavy (non-hydrogen) atoms. The van der Waals surface area contributed by atoms with E-state index in [1.165, 1.54) is 11.1 Å². The summed E-state index contributed by atoms with van der Waals surface area (Å²) < 4.78 is 6.20. The van der Waals surface area contributed by atoms with Crippen LogP contribution in [0.25, 0.3) is 0 Å². The molecule has 0 aliphatic carbocycles. The number of rotatable bonds is 5. The Morgan fingerprint density at radius 3 is 2.40 bits per heavy atom. The van der Waals surface area contributed by atoms with E-state index >= 15 is 0 Å². The van der Waals surface area contributed by atoms with Gasteiger partial charge >= 0.3 is 0 Å². The maximum absolute atomic E-state index is 6.12. The summed E-state index contributed by atoms with van der Waals surface area (Å²) in [5, 5.41) is 0.745. The van der Waals surface area contributed by atoms with Gasteiger partial charge in [0.15, 0.2) is 0 Å². The van der Waals surface area contributed by atoms with Crippen molar-refractivity contribution in [2.24, 2.45) is 0 Å². The van der Waals surface area contributed by atoms with Crippen LogP contribution in [0.5, 0.6) is 5.75 Å². The van der Waals surface area contributed by atoms with Gasteiger partial charge in [-0.2, -0.15) is 0 Å². The van der Waals surface area contributed by atoms with Gasteiger partial charge in [0.05, 0.1) is 11.6 Å². The van der Waals surface area contributed by atoms with E-state index in [1.807, 2.05) is 30.3 Å². The maximum Gasteiger partial charge on any atom is 0.133 e. The third-order valence-corrected chi connectivity index (χ3v) is 4.47. The van der Waals surface area contributed by atoms with Crippen LogP contribution in [0.2, 0.25) is 5.02 Å². The van der Waals surface area contributed by atoms with Crippen LogP contribution in [0.3, 0.4) is 0 Å². The van der Waals surface area contributed by atoms with Gasteiger partial charge in [0, 0.05) is 16.8 Å². The van der Waals surface area contributed by atoms with Gasteiger partial charge in [0.1, 0.15) is 5.75 Å². The van der Waals surface area contributed by atoms with Crippen LogP contribution in [-0.4, -0.2) is 13.0 Å². The lowest BCUT2D eigenvalue weighted by molar-refractivity contribution is 0.412. The summed E-state index contributed by atoms with van der Waals surface area (Å²) in [6, 6.07) is 14.0. The normalized spacial score (nSPS) is 12.2. The number of benzene rings is 2. The fraction of sp³-hybridized carbons (Fsp3) is 0.250. The average Bonchev–Trinajstić information content (AvgIpc) is 2.46. The summed E-state index contributed by atoms with van der Waals surface area (Å²) in [5.74, 6) is 1.68. The summed E-state index contributed by atoms with van der Waals surface area (Å²) in [4.78, 5) is 0. The van der Waals surface area contributed by atoms with Crippen LogP contribution in [0, 0.1) is 0 Å². The van der Waals surface area contributed by atoms with E-state index in [2.05, 4.69) is 28.1 Å². The van der Waals surface area contributed by atoms with Crippen molar-refractivity contribution in [3.63, 3.8) is 0 Å². The zero-order valence-electron chi connectivity index (χ0n) is 11.1. The molecule has 106 valence electrons. The molecule has 0 N–H and O–H groups in total. The van der Waals surface area contributed by atoms with E-state index in [4.69, 9.17) is 27.9 Å². The van der Waals surface area contributed by atoms with E-state index in [0.717, 1.165) is 21.7 Å². The third kappa shape index (κ3) is 3.91. The van der Waals surface area contributed by atoms with E-state index in [1.54, 1.807) is 7.11 Å². The van der Waals surface area contributed by atoms with Crippen LogP contribution in [0.4, 0.5) is 0 Å². The number of ether oxygens (including phenoxy) is 1. The standard InChI is InChI=1S/C16H15BrCl2O/c1-20-16-7-2-11(9-15(16)17)8-13(10-18)12-3-5-14(19)6-4-12/h2-7,9,13H,8,10H2,1H3. The summed E-state index contributed by atoms with van der Waals surface area (Å²) in [6.45, 7) is 0. The van der Waals surface area contributed by atoms with Crippen LogP contribution >= 0.6 is 39.1 Å². The Morgan fingerprint density at radius 1 is 1.15 bits per heavy atom. The molecule has 0 fully saturated rings. The van der Waals surface area contributed by atoms with Crippen molar-refractivity contribution in [3.8, 4) is 5.75 Å². The number of hydrogen-bond donors (Lipinski definition) is 0. The van der Waals surface area contributed by atoms with Gasteiger partial charge in [0.25, 0.3) is 0 Å². The van der Waals surface area contributed by atoms with Gasteiger partial charge in [-0.15, -0.1) is 11.6 Å². The molecule has 1 atom stereocenters. The first kappa shape index (κ1) is 15.7. The first-order chi connectivity index (χ1) is 9.63. The van der Waals surface area contributed by atoms with Crippen molar-refractivity contribution >= 4 is 39.1 Å². The van der Waals surface area contributed by atoms with Gasteiger partial charge in [0.2, 0.25) is 0 Å². The molecule has 4 heteroatoms. The molecule has 2 aromatic carbocycles. The fourth-order valence-corrected chi connectivity index (χ4v) is 3.12. The Kier molecular flexibility index (Phi) is 5.76. The highest BCUT2D eigenvalue weighted by Crippen LogP contribution is 2.29. The van der Waals surface area contributed by atoms with Crippen molar-refractivity contribution in [2.45, 2.75) is 12.3 Å². The molecule has 0 aliphatic rings. The quantitative estimate of drug-likeness (QED) is 0.613. The first-order valence-electron chi connectivity index (χ1n) is 6.28. The van der Waals surface area contributed by atoms with Gasteiger partial charge in [-0.05, 0) is 57.7 Å². The number of alkyl halides is 1. The molecule has 0 amide bonds. The number of methoxy groups -OCH3 is 1. The second-order valence-electron chi connectivity index (χ2n) is 4.58. The van der Waals surface area contributed by atoms with Crippen LogP contribution < -0.4 is 4.74 Å². The van der Waals surface area contributed by atoms with E-state index in [-0.39, 0.29) is 5.92 Å². The lowest BCUT2D eigenvalue weighted by Crippen LogP contribution is -2.04. The van der Waals surface area contributed by atoms with Crippen molar-refractivity contribution in [1.82, 2.24) is 0 Å². The molecule has 0 aliphatic heterocycles. The minimum absolute atomic E-state index is 0.272. The molecule has 0 saturated carbocycles. The van der Waals surface area contributed by atoms with E-state index in [0.29, 0.717) is 5.88 Å². The number of hydrogen-bond acceptors (Lipinski definition) is 1. The summed E-state index contributed by atoms with van der Waals surface area (Å²) >= 11 is 15.6. The minimum Gasteiger partial charge on any atom is -0.496 e. The van der Waals surface area contributed by atoms with E-state index < -0.39 is 0 Å². The summed E-state index contributed by atoms with van der Waals surface area (Å²) in [6.07, 6.45) is 0.883. The van der Waals surface area contributed by atoms with Gasteiger partial charge < -0.3 is 4.74 Å². The molecule has 2 rings (SSSR count). The SMILES string of the molecule is COc1ccc(CC(CCl)c2ccc(Cl)cc2)cc1Br. The predicted octanol–water partition coefficient (Wildman–Crippen LogP) is 5.68. The van der Waals surface area contributed by atoms with Gasteiger partial charge in [-0.25, -0.2) is 0 Å². The molecular weight excluding hydrogens is 359 g/mol. The summed E-state index contributed by atoms with van der Waals surface area (Å²) in [5.41, 5.74) is 2.43. The lowest BCUT2D eigenvalue weighted by atomic mass is 9.93. The first-order valence-corrected chi connectivity index (χ1v) is 7.98. The minimum atomic E-state index is 0.272. The Labute approximate surface area is 138 Å². The number of halogens is 3. The lowest BCUT2D eigenvalue weighted by Gasteiger charge is -2.15. The van der Waals surface area contributed by atoms with Gasteiger partial charge in [-0.1, -0.05) is 29.8 Å². The highest BCUT2D eigenvalue weighted by atomic mass is 79.9. The second-order valence-corrected chi connectivity index (χ2v) is 6.18. The largest absolute Gasteiger partial charge is 0.496 e. The molecule has 0 radical (unpaired) electrons. The molecule has 0 saturated heterocycles. The average molecular weight is 374 g/mol. The molecule has 0 heterocycles. The topological polar surface area (TPSA) is 9.23 Å². The molecule has 0 spiro atoms. The Bertz CT molecular complexity index is 569. The Hall–Kier alpha value is -0.700. The molecule has 1 nitrogen and oxygen atoms in total. The Morgan fingerprint density at radius 2 is 1.85 bits per heavy atom. The van der Waals surface area contributed by atoms with Gasteiger partial charge in [-0.3, -0.25) is 0 Å². The van der Waals surface area contributed by atoms with Crippen molar-refractivity contribution in [1.29, 1.82) is 0 Å². The third-order valence-electron chi connectivity index (χ3n) is 3.23. The highest BCUT2D eigenvalue weighted by molar-refractivity contribution is 9.10. The van der Waals surface area contributed by atoms with Crippen LogP contribution in [0.1, 0.15) is 17.0 Å². The van der Waals surface area contributed by atoms with Crippen molar-refractivity contribution < 1.29 is 4.74 Å². The van der Waals surface area contributed by atoms with Crippen molar-refractivity contribution in [2.75, 3.05) is 13.0 Å². The van der Waals surface area contributed by atoms with Crippen LogP contribution in [0.15, 0.2) is 46.9 Å². The summed E-state index contributed by atoms with van der Waals surface area (Å²) in [7, 11) is 1.66. The molecule has 0 bridgehead atoms. The highest BCUT2D eigenvalue weighted by Gasteiger charge is 2.12. The molecule has 0 aromatic heterocycles.